The normalized spacial score (nSPS) is 12.0. The molecule has 0 bridgehead atoms. The second-order valence-corrected chi connectivity index (χ2v) is 5.98. The molecule has 3 N–H and O–H groups in total. The lowest BCUT2D eigenvalue weighted by atomic mass is 10.1. The highest BCUT2D eigenvalue weighted by molar-refractivity contribution is 5.79. The maximum Gasteiger partial charge on any atom is 0.416 e. The first-order chi connectivity index (χ1) is 13.3. The average Bonchev–Trinajstić information content (AvgIpc) is 2.66. The fraction of sp³-hybridized carbons (Fsp3) is 0.350. The van der Waals surface area contributed by atoms with Gasteiger partial charge < -0.3 is 20.5 Å². The molecule has 0 heterocycles. The van der Waals surface area contributed by atoms with Crippen LogP contribution in [-0.2, 0) is 19.3 Å². The van der Waals surface area contributed by atoms with Crippen molar-refractivity contribution in [1.29, 1.82) is 0 Å². The number of ether oxygens (including phenoxy) is 1. The van der Waals surface area contributed by atoms with Crippen LogP contribution in [0.3, 0.4) is 0 Å². The van der Waals surface area contributed by atoms with Gasteiger partial charge in [-0.3, -0.25) is 0 Å². The van der Waals surface area contributed by atoms with E-state index in [1.165, 1.54) is 6.07 Å². The first-order valence-electron chi connectivity index (χ1n) is 8.96. The quantitative estimate of drug-likeness (QED) is 0.489. The third-order valence-corrected chi connectivity index (χ3v) is 3.80. The number of hydrogen-bond acceptors (Lipinski definition) is 3. The number of aliphatic imine (C=N–C) groups is 1. The number of benzene rings is 2. The molecule has 0 saturated heterocycles. The smallest absolute Gasteiger partial charge is 0.416 e. The Labute approximate surface area is 162 Å². The molecule has 0 aliphatic heterocycles. The van der Waals surface area contributed by atoms with E-state index in [-0.39, 0.29) is 12.3 Å². The fourth-order valence-electron chi connectivity index (χ4n) is 2.48. The summed E-state index contributed by atoms with van der Waals surface area (Å²) in [5.74, 6) is 0.939. The summed E-state index contributed by atoms with van der Waals surface area (Å²) in [6.07, 6.45) is -4.38. The largest absolute Gasteiger partial charge is 0.504 e. The molecule has 152 valence electrons. The summed E-state index contributed by atoms with van der Waals surface area (Å²) < 4.78 is 43.8. The summed E-state index contributed by atoms with van der Waals surface area (Å²) in [6.45, 7) is 5.29. The summed E-state index contributed by atoms with van der Waals surface area (Å²) in [7, 11) is 0. The lowest BCUT2D eigenvalue weighted by molar-refractivity contribution is -0.137. The van der Waals surface area contributed by atoms with Gasteiger partial charge in [-0.15, -0.1) is 0 Å². The Morgan fingerprint density at radius 3 is 2.54 bits per heavy atom. The number of phenols is 1. The van der Waals surface area contributed by atoms with Crippen LogP contribution in [0, 0.1) is 0 Å². The maximum absolute atomic E-state index is 12.8. The summed E-state index contributed by atoms with van der Waals surface area (Å²) in [5.41, 5.74) is 0.645. The molecule has 0 atom stereocenters. The van der Waals surface area contributed by atoms with E-state index in [9.17, 15) is 18.3 Å². The monoisotopic (exact) mass is 395 g/mol. The minimum atomic E-state index is -4.38. The van der Waals surface area contributed by atoms with Crippen LogP contribution in [0.25, 0.3) is 0 Å². The third kappa shape index (κ3) is 6.37. The van der Waals surface area contributed by atoms with E-state index in [4.69, 9.17) is 4.74 Å². The fourth-order valence-corrected chi connectivity index (χ4v) is 2.48. The molecular formula is C20H24F3N3O2. The van der Waals surface area contributed by atoms with E-state index < -0.39 is 11.7 Å². The Morgan fingerprint density at radius 2 is 1.86 bits per heavy atom. The van der Waals surface area contributed by atoms with Gasteiger partial charge >= 0.3 is 6.18 Å². The molecule has 8 heteroatoms. The number of phenolic OH excluding ortho intramolecular Hbond substituents is 1. The minimum absolute atomic E-state index is 0.0655. The SMILES string of the molecule is CCNC(=NCc1cccc(C(F)(F)F)c1)NCc1ccc(O)c(OCC)c1. The van der Waals surface area contributed by atoms with Gasteiger partial charge in [-0.1, -0.05) is 18.2 Å². The molecule has 0 radical (unpaired) electrons. The van der Waals surface area contributed by atoms with Crippen molar-refractivity contribution in [2.75, 3.05) is 13.2 Å². The standard InChI is InChI=1S/C20H24F3N3O2/c1-3-24-19(25-12-14-6-5-7-16(10-14)20(21,22)23)26-13-15-8-9-17(27)18(11-15)28-4-2/h5-11,27H,3-4,12-13H2,1-2H3,(H2,24,25,26). The van der Waals surface area contributed by atoms with E-state index in [0.29, 0.717) is 37.0 Å². The van der Waals surface area contributed by atoms with Crippen molar-refractivity contribution < 1.29 is 23.0 Å². The summed E-state index contributed by atoms with van der Waals surface area (Å²) in [5, 5.41) is 15.9. The van der Waals surface area contributed by atoms with Crippen molar-refractivity contribution in [3.63, 3.8) is 0 Å². The zero-order chi connectivity index (χ0) is 20.6. The number of alkyl halides is 3. The van der Waals surface area contributed by atoms with Crippen LogP contribution in [0.1, 0.15) is 30.5 Å². The predicted molar refractivity (Wildman–Crippen MR) is 102 cm³/mol. The second-order valence-electron chi connectivity index (χ2n) is 5.98. The first-order valence-corrected chi connectivity index (χ1v) is 8.96. The summed E-state index contributed by atoms with van der Waals surface area (Å²) in [6, 6.07) is 10.1. The highest BCUT2D eigenvalue weighted by Gasteiger charge is 2.30. The van der Waals surface area contributed by atoms with Gasteiger partial charge in [0.15, 0.2) is 17.5 Å². The molecule has 0 fully saturated rings. The molecule has 2 aromatic carbocycles. The van der Waals surface area contributed by atoms with E-state index in [1.807, 2.05) is 13.8 Å². The van der Waals surface area contributed by atoms with Crippen LogP contribution in [0.5, 0.6) is 11.5 Å². The van der Waals surface area contributed by atoms with Gasteiger partial charge in [0, 0.05) is 13.1 Å². The van der Waals surface area contributed by atoms with Crippen molar-refractivity contribution in [1.82, 2.24) is 10.6 Å². The molecule has 28 heavy (non-hydrogen) atoms. The molecule has 0 aliphatic rings. The van der Waals surface area contributed by atoms with E-state index >= 15 is 0 Å². The minimum Gasteiger partial charge on any atom is -0.504 e. The van der Waals surface area contributed by atoms with Gasteiger partial charge in [0.05, 0.1) is 18.7 Å². The highest BCUT2D eigenvalue weighted by Crippen LogP contribution is 2.29. The van der Waals surface area contributed by atoms with Crippen LogP contribution in [0.15, 0.2) is 47.5 Å². The number of nitrogens with one attached hydrogen (secondary N) is 2. The van der Waals surface area contributed by atoms with E-state index in [0.717, 1.165) is 17.7 Å². The Hall–Kier alpha value is -2.90. The number of rotatable bonds is 7. The van der Waals surface area contributed by atoms with Crippen LogP contribution in [-0.4, -0.2) is 24.2 Å². The van der Waals surface area contributed by atoms with Crippen molar-refractivity contribution in [2.24, 2.45) is 4.99 Å². The molecule has 0 aliphatic carbocycles. The molecule has 2 aromatic rings. The highest BCUT2D eigenvalue weighted by atomic mass is 19.4. The molecule has 5 nitrogen and oxygen atoms in total. The van der Waals surface area contributed by atoms with Crippen molar-refractivity contribution >= 4 is 5.96 Å². The zero-order valence-corrected chi connectivity index (χ0v) is 15.8. The van der Waals surface area contributed by atoms with Gasteiger partial charge in [0.2, 0.25) is 0 Å². The summed E-state index contributed by atoms with van der Waals surface area (Å²) in [4.78, 5) is 4.34. The van der Waals surface area contributed by atoms with Crippen molar-refractivity contribution in [2.45, 2.75) is 33.1 Å². The molecule has 0 aromatic heterocycles. The molecule has 2 rings (SSSR count). The van der Waals surface area contributed by atoms with Gasteiger partial charge in [0.25, 0.3) is 0 Å². The van der Waals surface area contributed by atoms with Crippen LogP contribution in [0.2, 0.25) is 0 Å². The van der Waals surface area contributed by atoms with Crippen molar-refractivity contribution in [3.8, 4) is 11.5 Å². The Bertz CT molecular complexity index is 808. The third-order valence-electron chi connectivity index (χ3n) is 3.80. The van der Waals surface area contributed by atoms with E-state index in [1.54, 1.807) is 24.3 Å². The van der Waals surface area contributed by atoms with Gasteiger partial charge in [-0.2, -0.15) is 13.2 Å². The molecule has 0 unspecified atom stereocenters. The number of nitrogens with zero attached hydrogens (tertiary/aromatic N) is 1. The average molecular weight is 395 g/mol. The topological polar surface area (TPSA) is 65.9 Å². The van der Waals surface area contributed by atoms with Gasteiger partial charge in [0.1, 0.15) is 0 Å². The van der Waals surface area contributed by atoms with Crippen LogP contribution >= 0.6 is 0 Å². The van der Waals surface area contributed by atoms with Crippen LogP contribution in [0.4, 0.5) is 13.2 Å². The molecule has 0 spiro atoms. The van der Waals surface area contributed by atoms with Crippen molar-refractivity contribution in [3.05, 3.63) is 59.2 Å². The number of aromatic hydroxyl groups is 1. The number of halogens is 3. The second kappa shape index (κ2) is 9.87. The van der Waals surface area contributed by atoms with E-state index in [2.05, 4.69) is 15.6 Å². The molecule has 0 saturated carbocycles. The summed E-state index contributed by atoms with van der Waals surface area (Å²) >= 11 is 0. The Kier molecular flexibility index (Phi) is 7.54. The Morgan fingerprint density at radius 1 is 1.07 bits per heavy atom. The zero-order valence-electron chi connectivity index (χ0n) is 15.8. The maximum atomic E-state index is 12.8. The number of guanidine groups is 1. The predicted octanol–water partition coefficient (Wildman–Crippen LogP) is 4.07. The molecular weight excluding hydrogens is 371 g/mol. The van der Waals surface area contributed by atoms with Crippen LogP contribution < -0.4 is 15.4 Å². The molecule has 0 amide bonds. The lowest BCUT2D eigenvalue weighted by Crippen LogP contribution is -2.36. The first kappa shape index (κ1) is 21.4. The lowest BCUT2D eigenvalue weighted by Gasteiger charge is -2.13. The van der Waals surface area contributed by atoms with Gasteiger partial charge in [-0.05, 0) is 49.2 Å². The van der Waals surface area contributed by atoms with Gasteiger partial charge in [-0.25, -0.2) is 4.99 Å². The number of hydrogen-bond donors (Lipinski definition) is 3. The Balaban J connectivity index is 2.06.